The lowest BCUT2D eigenvalue weighted by Gasteiger charge is -2.17. The van der Waals surface area contributed by atoms with Crippen molar-refractivity contribution in [3.05, 3.63) is 0 Å². The first-order valence-electron chi connectivity index (χ1n) is 4.87. The van der Waals surface area contributed by atoms with Gasteiger partial charge in [0.05, 0.1) is 0 Å². The average molecular weight is 172 g/mol. The molecular weight excluding hydrogens is 148 g/mol. The summed E-state index contributed by atoms with van der Waals surface area (Å²) in [7, 11) is 4.25. The minimum Gasteiger partial charge on any atom is -0.316 e. The van der Waals surface area contributed by atoms with Gasteiger partial charge in [-0.1, -0.05) is 20.8 Å². The lowest BCUT2D eigenvalue weighted by molar-refractivity contribution is 0.327. The van der Waals surface area contributed by atoms with Gasteiger partial charge in [-0.05, 0) is 39.0 Å². The molecule has 0 aliphatic carbocycles. The quantitative estimate of drug-likeness (QED) is 0.652. The topological polar surface area (TPSA) is 15.3 Å². The molecule has 74 valence electrons. The summed E-state index contributed by atoms with van der Waals surface area (Å²) in [6.45, 7) is 10.2. The Labute approximate surface area is 77.3 Å². The Morgan fingerprint density at radius 3 is 2.08 bits per heavy atom. The van der Waals surface area contributed by atoms with Crippen LogP contribution in [0.25, 0.3) is 0 Å². The van der Waals surface area contributed by atoms with Gasteiger partial charge in [0.1, 0.15) is 0 Å². The molecule has 12 heavy (non-hydrogen) atoms. The lowest BCUT2D eigenvalue weighted by Crippen LogP contribution is -2.30. The Kier molecular flexibility index (Phi) is 6.39. The number of hydrogen-bond donors (Lipinski definition) is 1. The van der Waals surface area contributed by atoms with Crippen molar-refractivity contribution in [2.75, 3.05) is 33.7 Å². The first kappa shape index (κ1) is 11.9. The Bertz CT molecular complexity index is 100. The Hall–Kier alpha value is -0.0800. The third kappa shape index (κ3) is 8.02. The number of hydrogen-bond acceptors (Lipinski definition) is 2. The summed E-state index contributed by atoms with van der Waals surface area (Å²) >= 11 is 0. The van der Waals surface area contributed by atoms with Gasteiger partial charge in [-0.25, -0.2) is 0 Å². The Morgan fingerprint density at radius 2 is 1.67 bits per heavy atom. The van der Waals surface area contributed by atoms with Crippen molar-refractivity contribution in [1.82, 2.24) is 10.2 Å². The van der Waals surface area contributed by atoms with Crippen LogP contribution in [-0.2, 0) is 0 Å². The van der Waals surface area contributed by atoms with Crippen LogP contribution in [0.15, 0.2) is 0 Å². The fourth-order valence-corrected chi connectivity index (χ4v) is 1.31. The zero-order valence-electron chi connectivity index (χ0n) is 9.22. The molecule has 0 saturated carbocycles. The molecule has 0 spiro atoms. The molecule has 0 amide bonds. The molecule has 0 saturated heterocycles. The zero-order valence-corrected chi connectivity index (χ0v) is 9.22. The summed E-state index contributed by atoms with van der Waals surface area (Å²) in [4.78, 5) is 2.24. The largest absolute Gasteiger partial charge is 0.316 e. The fourth-order valence-electron chi connectivity index (χ4n) is 1.31. The van der Waals surface area contributed by atoms with E-state index in [9.17, 15) is 0 Å². The third-order valence-corrected chi connectivity index (χ3v) is 1.72. The van der Waals surface area contributed by atoms with Gasteiger partial charge in [-0.15, -0.1) is 0 Å². The highest BCUT2D eigenvalue weighted by Crippen LogP contribution is 1.95. The molecule has 0 rings (SSSR count). The summed E-state index contributed by atoms with van der Waals surface area (Å²) in [5.74, 6) is 1.51. The maximum Gasteiger partial charge on any atom is 0.00130 e. The van der Waals surface area contributed by atoms with Gasteiger partial charge in [0.2, 0.25) is 0 Å². The van der Waals surface area contributed by atoms with Crippen LogP contribution in [0.3, 0.4) is 0 Å². The highest BCUT2D eigenvalue weighted by Gasteiger charge is 2.02. The van der Waals surface area contributed by atoms with E-state index in [-0.39, 0.29) is 0 Å². The standard InChI is InChI=1S/C10H24N2/c1-9(2)6-11-7-10(3)8-12(4)5/h9-11H,6-8H2,1-5H3. The normalized spacial score (nSPS) is 14.2. The van der Waals surface area contributed by atoms with E-state index in [0.29, 0.717) is 0 Å². The van der Waals surface area contributed by atoms with Crippen LogP contribution < -0.4 is 5.32 Å². The molecule has 0 aromatic carbocycles. The molecule has 0 radical (unpaired) electrons. The van der Waals surface area contributed by atoms with E-state index in [1.54, 1.807) is 0 Å². The van der Waals surface area contributed by atoms with Gasteiger partial charge in [-0.3, -0.25) is 0 Å². The summed E-state index contributed by atoms with van der Waals surface area (Å²) in [5.41, 5.74) is 0. The fraction of sp³-hybridized carbons (Fsp3) is 1.00. The minimum absolute atomic E-state index is 0.749. The van der Waals surface area contributed by atoms with Gasteiger partial charge in [0.15, 0.2) is 0 Å². The smallest absolute Gasteiger partial charge is 0.00130 e. The number of rotatable bonds is 6. The van der Waals surface area contributed by atoms with Crippen molar-refractivity contribution in [2.45, 2.75) is 20.8 Å². The SMILES string of the molecule is CC(C)CNCC(C)CN(C)C. The van der Waals surface area contributed by atoms with Crippen molar-refractivity contribution in [1.29, 1.82) is 0 Å². The van der Waals surface area contributed by atoms with Crippen LogP contribution in [0.1, 0.15) is 20.8 Å². The second kappa shape index (κ2) is 6.44. The van der Waals surface area contributed by atoms with Crippen LogP contribution >= 0.6 is 0 Å². The highest BCUT2D eigenvalue weighted by molar-refractivity contribution is 4.60. The maximum absolute atomic E-state index is 3.46. The van der Waals surface area contributed by atoms with Crippen LogP contribution in [0, 0.1) is 11.8 Å². The molecule has 1 unspecified atom stereocenters. The summed E-state index contributed by atoms with van der Waals surface area (Å²) < 4.78 is 0. The molecule has 0 aliphatic rings. The molecular formula is C10H24N2. The van der Waals surface area contributed by atoms with Crippen LogP contribution in [-0.4, -0.2) is 38.6 Å². The first-order chi connectivity index (χ1) is 5.52. The molecule has 0 aromatic heterocycles. The van der Waals surface area contributed by atoms with E-state index in [0.717, 1.165) is 24.9 Å². The van der Waals surface area contributed by atoms with E-state index in [2.05, 4.69) is 45.1 Å². The van der Waals surface area contributed by atoms with E-state index in [1.165, 1.54) is 6.54 Å². The Morgan fingerprint density at radius 1 is 1.08 bits per heavy atom. The number of nitrogens with zero attached hydrogens (tertiary/aromatic N) is 1. The average Bonchev–Trinajstić information content (AvgIpc) is 1.84. The van der Waals surface area contributed by atoms with Gasteiger partial charge in [-0.2, -0.15) is 0 Å². The van der Waals surface area contributed by atoms with Gasteiger partial charge >= 0.3 is 0 Å². The highest BCUT2D eigenvalue weighted by atomic mass is 15.1. The van der Waals surface area contributed by atoms with E-state index in [4.69, 9.17) is 0 Å². The Balaban J connectivity index is 3.25. The summed E-state index contributed by atoms with van der Waals surface area (Å²) in [6, 6.07) is 0. The summed E-state index contributed by atoms with van der Waals surface area (Å²) in [6.07, 6.45) is 0. The van der Waals surface area contributed by atoms with Crippen molar-refractivity contribution in [2.24, 2.45) is 11.8 Å². The monoisotopic (exact) mass is 172 g/mol. The van der Waals surface area contributed by atoms with Crippen molar-refractivity contribution >= 4 is 0 Å². The minimum atomic E-state index is 0.749. The molecule has 1 atom stereocenters. The second-order valence-electron chi connectivity index (χ2n) is 4.42. The molecule has 2 nitrogen and oxygen atoms in total. The zero-order chi connectivity index (χ0) is 9.56. The van der Waals surface area contributed by atoms with Crippen LogP contribution in [0.4, 0.5) is 0 Å². The number of nitrogens with one attached hydrogen (secondary N) is 1. The molecule has 0 fully saturated rings. The van der Waals surface area contributed by atoms with Crippen LogP contribution in [0.2, 0.25) is 0 Å². The molecule has 0 aliphatic heterocycles. The van der Waals surface area contributed by atoms with Gasteiger partial charge < -0.3 is 10.2 Å². The second-order valence-corrected chi connectivity index (χ2v) is 4.42. The maximum atomic E-state index is 3.46. The van der Waals surface area contributed by atoms with Crippen molar-refractivity contribution < 1.29 is 0 Å². The van der Waals surface area contributed by atoms with Gasteiger partial charge in [0.25, 0.3) is 0 Å². The predicted molar refractivity (Wildman–Crippen MR) is 55.4 cm³/mol. The van der Waals surface area contributed by atoms with Crippen molar-refractivity contribution in [3.8, 4) is 0 Å². The summed E-state index contributed by atoms with van der Waals surface area (Å²) in [5, 5.41) is 3.46. The molecule has 0 bridgehead atoms. The molecule has 0 heterocycles. The van der Waals surface area contributed by atoms with E-state index in [1.807, 2.05) is 0 Å². The third-order valence-electron chi connectivity index (χ3n) is 1.72. The first-order valence-corrected chi connectivity index (χ1v) is 4.87. The van der Waals surface area contributed by atoms with E-state index >= 15 is 0 Å². The predicted octanol–water partition coefficient (Wildman–Crippen LogP) is 1.43. The lowest BCUT2D eigenvalue weighted by atomic mass is 10.1. The molecule has 1 N–H and O–H groups in total. The van der Waals surface area contributed by atoms with Crippen molar-refractivity contribution in [3.63, 3.8) is 0 Å². The van der Waals surface area contributed by atoms with Crippen LogP contribution in [0.5, 0.6) is 0 Å². The molecule has 2 heteroatoms. The van der Waals surface area contributed by atoms with E-state index < -0.39 is 0 Å². The van der Waals surface area contributed by atoms with Gasteiger partial charge in [0, 0.05) is 6.54 Å². The molecule has 0 aromatic rings.